The van der Waals surface area contributed by atoms with E-state index in [2.05, 4.69) is 27.8 Å². The molecule has 0 fully saturated rings. The van der Waals surface area contributed by atoms with Crippen LogP contribution in [-0.2, 0) is 0 Å². The molecule has 4 rings (SSSR count). The predicted octanol–water partition coefficient (Wildman–Crippen LogP) is 3.49. The zero-order chi connectivity index (χ0) is 18.6. The molecule has 3 unspecified atom stereocenters. The van der Waals surface area contributed by atoms with Gasteiger partial charge in [-0.2, -0.15) is 0 Å². The van der Waals surface area contributed by atoms with Gasteiger partial charge in [-0.1, -0.05) is 42.5 Å². The first kappa shape index (κ1) is 17.8. The fraction of sp³-hybridized carbons (Fsp3) is 0.238. The summed E-state index contributed by atoms with van der Waals surface area (Å²) in [5, 5.41) is 15.9. The van der Waals surface area contributed by atoms with Crippen LogP contribution in [0.25, 0.3) is 5.57 Å². The Hall–Kier alpha value is -2.57. The maximum absolute atomic E-state index is 10.4. The summed E-state index contributed by atoms with van der Waals surface area (Å²) in [7, 11) is 1.66. The van der Waals surface area contributed by atoms with Crippen molar-refractivity contribution in [3.63, 3.8) is 0 Å². The molecule has 138 valence electrons. The second-order valence-corrected chi connectivity index (χ2v) is 7.37. The Morgan fingerprint density at radius 3 is 2.70 bits per heavy atom. The van der Waals surface area contributed by atoms with Crippen LogP contribution in [0.4, 0.5) is 0 Å². The molecule has 2 aromatic carbocycles. The highest BCUT2D eigenvalue weighted by Gasteiger charge is 2.37. The van der Waals surface area contributed by atoms with Gasteiger partial charge in [0.25, 0.3) is 0 Å². The van der Waals surface area contributed by atoms with Crippen LogP contribution in [0.2, 0.25) is 0 Å². The van der Waals surface area contributed by atoms with Gasteiger partial charge in [0.15, 0.2) is 0 Å². The van der Waals surface area contributed by atoms with Crippen LogP contribution in [0.5, 0.6) is 5.75 Å². The minimum Gasteiger partial charge on any atom is -0.497 e. The standard InChI is InChI=1S/C21H21N3O2S/c1-26-16-9-7-14(8-10-16)17-12-27-21-19(17)20(23-13-24-21)22-11-18(25)15-5-3-2-4-6-15/h2-10,12-13,18-19,21,25H,11H2,1H3,(H,22,23,24). The average Bonchev–Trinajstić information content (AvgIpc) is 3.17. The number of hydrogen-bond acceptors (Lipinski definition) is 5. The normalized spacial score (nSPS) is 23.5. The lowest BCUT2D eigenvalue weighted by Crippen LogP contribution is -2.39. The van der Waals surface area contributed by atoms with Crippen LogP contribution in [0.3, 0.4) is 0 Å². The number of rotatable bonds is 5. The van der Waals surface area contributed by atoms with Crippen molar-refractivity contribution in [2.75, 3.05) is 13.7 Å². The number of ether oxygens (including phenoxy) is 1. The van der Waals surface area contributed by atoms with Gasteiger partial charge in [-0.05, 0) is 34.2 Å². The molecule has 0 spiro atoms. The zero-order valence-electron chi connectivity index (χ0n) is 14.9. The first-order valence-corrected chi connectivity index (χ1v) is 9.76. The number of aliphatic imine (C=N–C) groups is 2. The van der Waals surface area contributed by atoms with E-state index in [1.807, 2.05) is 42.5 Å². The van der Waals surface area contributed by atoms with E-state index in [0.717, 1.165) is 22.7 Å². The Balaban J connectivity index is 1.56. The fourth-order valence-corrected chi connectivity index (χ4v) is 4.39. The first-order chi connectivity index (χ1) is 13.3. The van der Waals surface area contributed by atoms with Crippen molar-refractivity contribution in [3.8, 4) is 5.75 Å². The summed E-state index contributed by atoms with van der Waals surface area (Å²) in [4.78, 5) is 9.24. The van der Waals surface area contributed by atoms with Gasteiger partial charge in [0.05, 0.1) is 32.0 Å². The lowest BCUT2D eigenvalue weighted by Gasteiger charge is -2.25. The number of aliphatic hydroxyl groups excluding tert-OH is 1. The van der Waals surface area contributed by atoms with Gasteiger partial charge in [0, 0.05) is 0 Å². The molecule has 0 saturated heterocycles. The molecule has 2 heterocycles. The summed E-state index contributed by atoms with van der Waals surface area (Å²) in [5.74, 6) is 1.73. The van der Waals surface area contributed by atoms with E-state index < -0.39 is 6.10 Å². The van der Waals surface area contributed by atoms with E-state index >= 15 is 0 Å². The maximum atomic E-state index is 10.4. The van der Waals surface area contributed by atoms with Gasteiger partial charge in [-0.15, -0.1) is 11.8 Å². The molecule has 27 heavy (non-hydrogen) atoms. The second-order valence-electron chi connectivity index (χ2n) is 6.38. The molecule has 5 nitrogen and oxygen atoms in total. The molecule has 0 aliphatic carbocycles. The van der Waals surface area contributed by atoms with Crippen LogP contribution in [-0.4, -0.2) is 36.3 Å². The Labute approximate surface area is 162 Å². The summed E-state index contributed by atoms with van der Waals surface area (Å²) < 4.78 is 5.25. The van der Waals surface area contributed by atoms with Gasteiger partial charge in [-0.25, -0.2) is 0 Å². The number of nitrogens with one attached hydrogen (secondary N) is 1. The molecule has 3 atom stereocenters. The number of thioether (sulfide) groups is 1. The second kappa shape index (κ2) is 7.98. The average molecular weight is 379 g/mol. The highest BCUT2D eigenvalue weighted by Crippen LogP contribution is 2.43. The molecular formula is C21H21N3O2S. The topological polar surface area (TPSA) is 66.2 Å². The Morgan fingerprint density at radius 2 is 1.96 bits per heavy atom. The van der Waals surface area contributed by atoms with E-state index in [1.54, 1.807) is 25.2 Å². The lowest BCUT2D eigenvalue weighted by atomic mass is 9.92. The third-order valence-electron chi connectivity index (χ3n) is 4.73. The van der Waals surface area contributed by atoms with Gasteiger partial charge in [0.1, 0.15) is 17.0 Å². The van der Waals surface area contributed by atoms with Gasteiger partial charge in [-0.3, -0.25) is 9.98 Å². The van der Waals surface area contributed by atoms with Crippen LogP contribution < -0.4 is 10.1 Å². The molecule has 0 saturated carbocycles. The molecule has 0 aromatic heterocycles. The van der Waals surface area contributed by atoms with E-state index in [0.29, 0.717) is 6.54 Å². The van der Waals surface area contributed by atoms with E-state index in [1.165, 1.54) is 5.57 Å². The van der Waals surface area contributed by atoms with Crippen molar-refractivity contribution in [3.05, 3.63) is 71.1 Å². The van der Waals surface area contributed by atoms with Crippen LogP contribution in [0, 0.1) is 5.92 Å². The molecule has 2 aliphatic rings. The molecule has 2 N–H and O–H groups in total. The third kappa shape index (κ3) is 3.77. The number of amidine groups is 1. The maximum Gasteiger partial charge on any atom is 0.118 e. The largest absolute Gasteiger partial charge is 0.497 e. The molecule has 6 heteroatoms. The molecule has 2 aromatic rings. The Morgan fingerprint density at radius 1 is 1.19 bits per heavy atom. The predicted molar refractivity (Wildman–Crippen MR) is 111 cm³/mol. The summed E-state index contributed by atoms with van der Waals surface area (Å²) in [6, 6.07) is 17.7. The number of hydrogen-bond donors (Lipinski definition) is 2. The molecular weight excluding hydrogens is 358 g/mol. The SMILES string of the molecule is COc1ccc(C2=CSC3N=CNC(=NCC(O)c4ccccc4)C23)cc1. The molecule has 0 radical (unpaired) electrons. The Bertz CT molecular complexity index is 878. The van der Waals surface area contributed by atoms with E-state index in [4.69, 9.17) is 9.73 Å². The number of aliphatic hydroxyl groups is 1. The fourth-order valence-electron chi connectivity index (χ4n) is 3.26. The Kier molecular flexibility index (Phi) is 5.27. The van der Waals surface area contributed by atoms with Gasteiger partial charge in [0.2, 0.25) is 0 Å². The van der Waals surface area contributed by atoms with Crippen molar-refractivity contribution in [1.29, 1.82) is 0 Å². The lowest BCUT2D eigenvalue weighted by molar-refractivity contribution is 0.187. The van der Waals surface area contributed by atoms with Crippen LogP contribution >= 0.6 is 11.8 Å². The zero-order valence-corrected chi connectivity index (χ0v) is 15.8. The number of methoxy groups -OCH3 is 1. The van der Waals surface area contributed by atoms with E-state index in [9.17, 15) is 5.11 Å². The monoisotopic (exact) mass is 379 g/mol. The highest BCUT2D eigenvalue weighted by atomic mass is 32.2. The number of benzene rings is 2. The summed E-state index contributed by atoms with van der Waals surface area (Å²) in [6.45, 7) is 0.309. The van der Waals surface area contributed by atoms with Crippen LogP contribution in [0.1, 0.15) is 17.2 Å². The quantitative estimate of drug-likeness (QED) is 0.835. The van der Waals surface area contributed by atoms with Crippen molar-refractivity contribution < 1.29 is 9.84 Å². The minimum absolute atomic E-state index is 0.0522. The van der Waals surface area contributed by atoms with Gasteiger partial charge >= 0.3 is 0 Å². The molecule has 2 aliphatic heterocycles. The number of nitrogens with zero attached hydrogens (tertiary/aromatic N) is 2. The van der Waals surface area contributed by atoms with Crippen molar-refractivity contribution in [1.82, 2.24) is 5.32 Å². The minimum atomic E-state index is -0.625. The highest BCUT2D eigenvalue weighted by molar-refractivity contribution is 8.03. The van der Waals surface area contributed by atoms with Crippen molar-refractivity contribution >= 4 is 29.5 Å². The van der Waals surface area contributed by atoms with Crippen molar-refractivity contribution in [2.24, 2.45) is 15.9 Å². The van der Waals surface area contributed by atoms with Gasteiger partial charge < -0.3 is 15.2 Å². The smallest absolute Gasteiger partial charge is 0.118 e. The van der Waals surface area contributed by atoms with Crippen LogP contribution in [0.15, 0.2) is 70.0 Å². The first-order valence-electron chi connectivity index (χ1n) is 8.82. The molecule has 0 bridgehead atoms. The van der Waals surface area contributed by atoms with Crippen molar-refractivity contribution in [2.45, 2.75) is 11.5 Å². The number of fused-ring (bicyclic) bond motifs is 1. The summed E-state index contributed by atoms with van der Waals surface area (Å²) in [6.07, 6.45) is 1.08. The molecule has 0 amide bonds. The third-order valence-corrected chi connectivity index (χ3v) is 5.79. The van der Waals surface area contributed by atoms with E-state index in [-0.39, 0.29) is 11.3 Å². The summed E-state index contributed by atoms with van der Waals surface area (Å²) >= 11 is 1.70. The summed E-state index contributed by atoms with van der Waals surface area (Å²) in [5.41, 5.74) is 3.19.